The van der Waals surface area contributed by atoms with Crippen LogP contribution in [0.4, 0.5) is 0 Å². The van der Waals surface area contributed by atoms with Crippen LogP contribution in [0, 0.1) is 0 Å². The van der Waals surface area contributed by atoms with Gasteiger partial charge in [0.15, 0.2) is 35.8 Å². The van der Waals surface area contributed by atoms with Crippen LogP contribution in [0.5, 0.6) is 0 Å². The minimum atomic E-state index is -0.598. The lowest BCUT2D eigenvalue weighted by Crippen LogP contribution is -2.36. The second-order valence-corrected chi connectivity index (χ2v) is 14.7. The van der Waals surface area contributed by atoms with Crippen LogP contribution in [0.3, 0.4) is 0 Å². The van der Waals surface area contributed by atoms with Crippen LogP contribution < -0.4 is 138 Å². The van der Waals surface area contributed by atoms with Crippen molar-refractivity contribution in [2.75, 3.05) is 39.3 Å². The van der Waals surface area contributed by atoms with Crippen LogP contribution in [0.15, 0.2) is 30.0 Å². The van der Waals surface area contributed by atoms with Gasteiger partial charge in [0.1, 0.15) is 0 Å². The Hall–Kier alpha value is -7.80. The van der Waals surface area contributed by atoms with Crippen LogP contribution in [0.2, 0.25) is 0 Å². The summed E-state index contributed by atoms with van der Waals surface area (Å²) in [7, 11) is 0. The van der Waals surface area contributed by atoms with Gasteiger partial charge in [-0.1, -0.05) is 0 Å². The molecule has 48 N–H and O–H groups in total. The number of hydrogen-bond donors (Lipinski definition) is 24. The van der Waals surface area contributed by atoms with Crippen molar-refractivity contribution >= 4 is 71.2 Å². The Morgan fingerprint density at radius 3 is 0.389 bits per heavy atom. The largest absolute Gasteiger partial charge is 0.370 e. The molecule has 0 saturated heterocycles. The van der Waals surface area contributed by atoms with E-state index < -0.39 is 71.7 Å². The summed E-state index contributed by atoms with van der Waals surface area (Å²) in [5.74, 6) is -2.74. The maximum atomic E-state index is 10.4. The summed E-state index contributed by atoms with van der Waals surface area (Å²) in [6.07, 6.45) is 6.97. The highest BCUT2D eigenvalue weighted by Gasteiger charge is 2.11. The minimum absolute atomic E-state index is 0.0441. The molecule has 0 aromatic heterocycles. The molecule has 0 fully saturated rings. The second kappa shape index (κ2) is 49.6. The van der Waals surface area contributed by atoms with Gasteiger partial charge in [-0.05, 0) is 77.0 Å². The number of carbonyl (C=O) groups excluding carboxylic acids is 6. The van der Waals surface area contributed by atoms with Crippen LogP contribution >= 0.6 is 0 Å². The van der Waals surface area contributed by atoms with Gasteiger partial charge in [0, 0.05) is 39.3 Å². The second-order valence-electron chi connectivity index (χ2n) is 14.7. The molecule has 0 spiro atoms. The molecule has 0 aliphatic carbocycles. The average molecular weight is 1040 g/mol. The molecule has 0 saturated carbocycles. The third-order valence-electron chi connectivity index (χ3n) is 8.00. The van der Waals surface area contributed by atoms with Gasteiger partial charge in [0.2, 0.25) is 35.4 Å². The van der Waals surface area contributed by atoms with Gasteiger partial charge in [-0.15, -0.1) is 0 Å². The number of primary amides is 6. The normalized spacial score (nSPS) is 12.1. The quantitative estimate of drug-likeness (QED) is 0.0180. The predicted molar refractivity (Wildman–Crippen MR) is 282 cm³/mol. The minimum Gasteiger partial charge on any atom is -0.370 e. The number of nitrogens with zero attached hydrogens (tertiary/aromatic N) is 6. The number of aliphatic imine (C=N–C) groups is 6. The Kier molecular flexibility index (Phi) is 52.2. The van der Waals surface area contributed by atoms with E-state index >= 15 is 0 Å². The fourth-order valence-electron chi connectivity index (χ4n) is 3.97. The van der Waals surface area contributed by atoms with E-state index in [0.717, 1.165) is 0 Å². The summed E-state index contributed by atoms with van der Waals surface area (Å²) in [5.41, 5.74) is 123. The molecule has 36 nitrogen and oxygen atoms in total. The molecule has 0 aliphatic heterocycles. The molecule has 0 radical (unpaired) electrons. The Balaban J connectivity index is -0.000000181. The van der Waals surface area contributed by atoms with Gasteiger partial charge in [0.05, 0.1) is 36.3 Å². The maximum absolute atomic E-state index is 10.4. The lowest BCUT2D eigenvalue weighted by atomic mass is 10.1. The van der Waals surface area contributed by atoms with E-state index in [1.165, 1.54) is 0 Å². The Morgan fingerprint density at radius 1 is 0.222 bits per heavy atom. The fraction of sp³-hybridized carbons (Fsp3) is 0.667. The smallest absolute Gasteiger partial charge is 0.234 e. The molecule has 0 rings (SSSR count). The summed E-state index contributed by atoms with van der Waals surface area (Å²) in [5, 5.41) is 0. The van der Waals surface area contributed by atoms with Gasteiger partial charge >= 0.3 is 0 Å². The lowest BCUT2D eigenvalue weighted by molar-refractivity contribution is -0.120. The van der Waals surface area contributed by atoms with E-state index in [2.05, 4.69) is 30.0 Å². The van der Waals surface area contributed by atoms with Crippen molar-refractivity contribution < 1.29 is 28.8 Å². The van der Waals surface area contributed by atoms with Gasteiger partial charge < -0.3 is 138 Å². The number of guanidine groups is 6. The molecular formula is C36H90N30O6. The van der Waals surface area contributed by atoms with Gasteiger partial charge in [-0.2, -0.15) is 0 Å². The van der Waals surface area contributed by atoms with Crippen molar-refractivity contribution in [1.82, 2.24) is 0 Å². The van der Waals surface area contributed by atoms with E-state index in [0.29, 0.717) is 116 Å². The summed E-state index contributed by atoms with van der Waals surface area (Å²) < 4.78 is 0. The predicted octanol–water partition coefficient (Wildman–Crippen LogP) is -12.9. The first-order valence-corrected chi connectivity index (χ1v) is 21.8. The summed E-state index contributed by atoms with van der Waals surface area (Å²) in [6, 6.07) is -3.59. The summed E-state index contributed by atoms with van der Waals surface area (Å²) in [6.45, 7) is 2.85. The van der Waals surface area contributed by atoms with Gasteiger partial charge in [0.25, 0.3) is 0 Å². The Morgan fingerprint density at radius 2 is 0.319 bits per heavy atom. The molecule has 0 unspecified atom stereocenters. The molecule has 0 aliphatic rings. The van der Waals surface area contributed by atoms with Crippen LogP contribution in [-0.4, -0.2) is 147 Å². The lowest BCUT2D eigenvalue weighted by Gasteiger charge is -2.04. The fourth-order valence-corrected chi connectivity index (χ4v) is 3.97. The van der Waals surface area contributed by atoms with Crippen LogP contribution in [-0.2, 0) is 28.8 Å². The number of nitrogens with two attached hydrogens (primary N) is 24. The average Bonchev–Trinajstić information content (AvgIpc) is 3.27. The molecular weight excluding hydrogens is 949 g/mol. The molecule has 0 heterocycles. The van der Waals surface area contributed by atoms with Crippen molar-refractivity contribution in [3.05, 3.63) is 0 Å². The first-order chi connectivity index (χ1) is 33.2. The van der Waals surface area contributed by atoms with Crippen molar-refractivity contribution in [2.45, 2.75) is 113 Å². The summed E-state index contributed by atoms with van der Waals surface area (Å²) >= 11 is 0. The van der Waals surface area contributed by atoms with Crippen LogP contribution in [0.25, 0.3) is 0 Å². The molecule has 0 bridgehead atoms. The van der Waals surface area contributed by atoms with E-state index in [4.69, 9.17) is 138 Å². The summed E-state index contributed by atoms with van der Waals surface area (Å²) in [4.78, 5) is 85.0. The Labute approximate surface area is 419 Å². The monoisotopic (exact) mass is 1040 g/mol. The molecule has 36 heteroatoms. The number of hydrogen-bond acceptors (Lipinski definition) is 18. The van der Waals surface area contributed by atoms with E-state index in [1.54, 1.807) is 0 Å². The molecule has 0 aromatic carbocycles. The number of carbonyl (C=O) groups is 6. The topological polar surface area (TPSA) is 801 Å². The SMILES string of the molecule is NC(=O)[C@@H](N)CCCN=C(N)N.NC(=O)[C@@H](N)CCCN=C(N)N.NC(=O)[C@@H](N)CCCN=C(N)N.NC(=O)[C@@H](N)CCCN=C(N)N.NC(=O)[C@@H](N)CCCN=C(N)N.NC(=O)[C@@H](N)CCCN=C(N)N. The molecule has 6 amide bonds. The third kappa shape index (κ3) is 68.8. The zero-order chi connectivity index (χ0) is 57.4. The van der Waals surface area contributed by atoms with Gasteiger partial charge in [-0.25, -0.2) is 0 Å². The van der Waals surface area contributed by atoms with Gasteiger partial charge in [-0.3, -0.25) is 58.7 Å². The molecule has 420 valence electrons. The van der Waals surface area contributed by atoms with Crippen molar-refractivity contribution in [2.24, 2.45) is 168 Å². The molecule has 6 atom stereocenters. The molecule has 72 heavy (non-hydrogen) atoms. The van der Waals surface area contributed by atoms with Crippen molar-refractivity contribution in [3.8, 4) is 0 Å². The third-order valence-corrected chi connectivity index (χ3v) is 8.00. The molecule has 0 aromatic rings. The van der Waals surface area contributed by atoms with E-state index in [9.17, 15) is 28.8 Å². The Bertz CT molecular complexity index is 1360. The van der Waals surface area contributed by atoms with Crippen LogP contribution in [0.1, 0.15) is 77.0 Å². The maximum Gasteiger partial charge on any atom is 0.234 e. The first kappa shape index (κ1) is 75.7. The van der Waals surface area contributed by atoms with E-state index in [-0.39, 0.29) is 35.8 Å². The standard InChI is InChI=1S/6C6H15N5O/c6*7-4(5(8)12)2-1-3-11-6(9)10/h6*4H,1-3,7H2,(H2,8,12)(H4,9,10,11)/t6*4-/m000000/s1. The van der Waals surface area contributed by atoms with E-state index in [1.807, 2.05) is 0 Å². The highest BCUT2D eigenvalue weighted by atomic mass is 16.2. The number of rotatable bonds is 30. The van der Waals surface area contributed by atoms with Crippen molar-refractivity contribution in [1.29, 1.82) is 0 Å². The highest BCUT2D eigenvalue weighted by molar-refractivity contribution is 5.82. The zero-order valence-electron chi connectivity index (χ0n) is 41.2. The number of amides is 6. The van der Waals surface area contributed by atoms with Crippen molar-refractivity contribution in [3.63, 3.8) is 0 Å². The first-order valence-electron chi connectivity index (χ1n) is 21.8. The highest BCUT2D eigenvalue weighted by Crippen LogP contribution is 1.97. The zero-order valence-corrected chi connectivity index (χ0v) is 41.2.